The van der Waals surface area contributed by atoms with E-state index in [0.717, 1.165) is 0 Å². The van der Waals surface area contributed by atoms with Crippen LogP contribution in [0.1, 0.15) is 13.8 Å². The van der Waals surface area contributed by atoms with Crippen molar-refractivity contribution < 1.29 is 73.0 Å². The minimum absolute atomic E-state index is 0.222. The van der Waals surface area contributed by atoms with Gasteiger partial charge in [0, 0.05) is 11.1 Å². The zero-order valence-electron chi connectivity index (χ0n) is 21.3. The van der Waals surface area contributed by atoms with Crippen molar-refractivity contribution in [3.05, 3.63) is 71.9 Å². The van der Waals surface area contributed by atoms with E-state index in [2.05, 4.69) is 17.9 Å². The first kappa shape index (κ1) is 31.6. The molecule has 0 spiro atoms. The predicted octanol–water partition coefficient (Wildman–Crippen LogP) is 0.336. The number of carboxylic acids is 4. The molecule has 216 valence electrons. The molecule has 2 aliphatic rings. The first-order valence-electron chi connectivity index (χ1n) is 11.2. The van der Waals surface area contributed by atoms with Gasteiger partial charge in [0.15, 0.2) is 0 Å². The van der Waals surface area contributed by atoms with Gasteiger partial charge in [-0.05, 0) is 38.2 Å². The van der Waals surface area contributed by atoms with Gasteiger partial charge in [0.1, 0.15) is 11.8 Å². The molecule has 0 aliphatic heterocycles. The first-order chi connectivity index (χ1) is 18.9. The fourth-order valence-electron chi connectivity index (χ4n) is 3.41. The van der Waals surface area contributed by atoms with Crippen molar-refractivity contribution in [1.82, 2.24) is 0 Å². The average molecular weight is 574 g/mol. The van der Waals surface area contributed by atoms with Crippen LogP contribution in [0.3, 0.4) is 0 Å². The van der Waals surface area contributed by atoms with Crippen molar-refractivity contribution in [1.29, 1.82) is 0 Å². The van der Waals surface area contributed by atoms with Crippen LogP contribution in [0.15, 0.2) is 71.9 Å². The number of carbonyl (C=O) groups is 8. The summed E-state index contributed by atoms with van der Waals surface area (Å²) in [6, 6.07) is 0. The maximum Gasteiger partial charge on any atom is 0.356 e. The molecule has 4 atom stereocenters. The van der Waals surface area contributed by atoms with Gasteiger partial charge < -0.3 is 34.6 Å². The van der Waals surface area contributed by atoms with E-state index < -0.39 is 81.9 Å². The number of ether oxygens (including phenoxy) is 3. The van der Waals surface area contributed by atoms with E-state index in [4.69, 9.17) is 9.47 Å². The smallest absolute Gasteiger partial charge is 0.356 e. The molecule has 4 N–H and O–H groups in total. The Morgan fingerprint density at radius 1 is 0.659 bits per heavy atom. The molecule has 0 aromatic carbocycles. The molecule has 0 fully saturated rings. The SMILES string of the molecule is C=C(C)C(=O)OC1(C(=O)O)C=CC(C(=O)OC(=O)C2C=CC(OC(=O)C(=C)C)(C(=O)O)C=C2C(=O)O)C(C(=O)O)=C1. The molecule has 4 unspecified atom stereocenters. The van der Waals surface area contributed by atoms with E-state index >= 15 is 0 Å². The van der Waals surface area contributed by atoms with E-state index in [1.54, 1.807) is 0 Å². The highest BCUT2D eigenvalue weighted by molar-refractivity contribution is 6.05. The highest BCUT2D eigenvalue weighted by atomic mass is 16.6. The van der Waals surface area contributed by atoms with Crippen LogP contribution in [0.2, 0.25) is 0 Å². The van der Waals surface area contributed by atoms with Crippen LogP contribution >= 0.6 is 0 Å². The number of hydrogen-bond acceptors (Lipinski definition) is 11. The van der Waals surface area contributed by atoms with Gasteiger partial charge in [0.2, 0.25) is 11.2 Å². The Kier molecular flexibility index (Phi) is 8.98. The molecule has 0 aromatic heterocycles. The molecule has 0 saturated carbocycles. The van der Waals surface area contributed by atoms with Crippen LogP contribution in [0.25, 0.3) is 0 Å². The predicted molar refractivity (Wildman–Crippen MR) is 130 cm³/mol. The molecule has 2 aliphatic carbocycles. The number of aliphatic carboxylic acids is 4. The van der Waals surface area contributed by atoms with Crippen molar-refractivity contribution in [3.8, 4) is 0 Å². The second-order valence-electron chi connectivity index (χ2n) is 8.76. The molecule has 15 heteroatoms. The zero-order chi connectivity index (χ0) is 31.4. The van der Waals surface area contributed by atoms with Gasteiger partial charge in [-0.15, -0.1) is 0 Å². The number of hydrogen-bond donors (Lipinski definition) is 4. The second-order valence-corrected chi connectivity index (χ2v) is 8.76. The third kappa shape index (κ3) is 6.52. The summed E-state index contributed by atoms with van der Waals surface area (Å²) < 4.78 is 14.4. The Labute approximate surface area is 230 Å². The lowest BCUT2D eigenvalue weighted by molar-refractivity contribution is -0.167. The lowest BCUT2D eigenvalue weighted by Crippen LogP contribution is -2.44. The summed E-state index contributed by atoms with van der Waals surface area (Å²) in [6.45, 7) is 8.98. The van der Waals surface area contributed by atoms with Gasteiger partial charge in [-0.1, -0.05) is 25.3 Å². The van der Waals surface area contributed by atoms with E-state index in [-0.39, 0.29) is 11.1 Å². The van der Waals surface area contributed by atoms with Crippen LogP contribution in [0, 0.1) is 11.8 Å². The molecule has 0 aromatic rings. The molecule has 0 saturated heterocycles. The Balaban J connectivity index is 2.40. The number of carboxylic acid groups (broad SMARTS) is 4. The largest absolute Gasteiger partial charge is 0.478 e. The third-order valence-corrected chi connectivity index (χ3v) is 5.57. The van der Waals surface area contributed by atoms with Gasteiger partial charge in [-0.3, -0.25) is 9.59 Å². The number of rotatable bonds is 10. The maximum atomic E-state index is 12.8. The lowest BCUT2D eigenvalue weighted by Gasteiger charge is -2.29. The van der Waals surface area contributed by atoms with Crippen LogP contribution < -0.4 is 0 Å². The van der Waals surface area contributed by atoms with Crippen molar-refractivity contribution in [2.24, 2.45) is 11.8 Å². The van der Waals surface area contributed by atoms with E-state index in [1.165, 1.54) is 13.8 Å². The fourth-order valence-corrected chi connectivity index (χ4v) is 3.41. The Hall–Kier alpha value is -5.60. The zero-order valence-corrected chi connectivity index (χ0v) is 21.3. The molecule has 15 nitrogen and oxygen atoms in total. The lowest BCUT2D eigenvalue weighted by atomic mass is 9.84. The summed E-state index contributed by atoms with van der Waals surface area (Å²) in [4.78, 5) is 96.8. The van der Waals surface area contributed by atoms with E-state index in [1.807, 2.05) is 0 Å². The maximum absolute atomic E-state index is 12.8. The van der Waals surface area contributed by atoms with E-state index in [9.17, 15) is 58.8 Å². The summed E-state index contributed by atoms with van der Waals surface area (Å²) in [5.41, 5.74) is -7.69. The minimum atomic E-state index is -2.66. The van der Waals surface area contributed by atoms with Crippen LogP contribution in [-0.2, 0) is 52.6 Å². The standard InChI is InChI=1S/C26H22O15/c1-11(2)19(31)40-25(23(35)36)7-5-13(15(9-25)17(27)28)21(33)39-22(34)14-6-8-26(24(37)38,10-16(14)18(29)30)41-20(32)12(3)4/h5-10,13-14H,1,3H2,2,4H3,(H,27,28)(H,29,30)(H,35,36)(H,37,38). The fraction of sp³-hybridized carbons (Fsp3) is 0.231. The highest BCUT2D eigenvalue weighted by Gasteiger charge is 2.47. The topological polar surface area (TPSA) is 245 Å². The van der Waals surface area contributed by atoms with Crippen LogP contribution in [0.4, 0.5) is 0 Å². The average Bonchev–Trinajstić information content (AvgIpc) is 2.87. The van der Waals surface area contributed by atoms with Gasteiger partial charge in [0.25, 0.3) is 0 Å². The monoisotopic (exact) mass is 574 g/mol. The number of carbonyl (C=O) groups excluding carboxylic acids is 4. The van der Waals surface area contributed by atoms with Crippen molar-refractivity contribution in [2.45, 2.75) is 25.0 Å². The van der Waals surface area contributed by atoms with Crippen molar-refractivity contribution in [2.75, 3.05) is 0 Å². The quantitative estimate of drug-likeness (QED) is 0.0903. The molecule has 0 radical (unpaired) electrons. The third-order valence-electron chi connectivity index (χ3n) is 5.57. The first-order valence-corrected chi connectivity index (χ1v) is 11.2. The van der Waals surface area contributed by atoms with E-state index in [0.29, 0.717) is 36.5 Å². The van der Waals surface area contributed by atoms with Gasteiger partial charge in [0.05, 0.1) is 11.1 Å². The molecular weight excluding hydrogens is 552 g/mol. The van der Waals surface area contributed by atoms with Gasteiger partial charge >= 0.3 is 47.8 Å². The summed E-state index contributed by atoms with van der Waals surface area (Å²) in [7, 11) is 0. The Morgan fingerprint density at radius 2 is 0.976 bits per heavy atom. The van der Waals surface area contributed by atoms with Crippen LogP contribution in [0.5, 0.6) is 0 Å². The summed E-state index contributed by atoms with van der Waals surface area (Å²) >= 11 is 0. The van der Waals surface area contributed by atoms with Crippen molar-refractivity contribution >= 4 is 47.8 Å². The normalized spacial score (nSPS) is 24.5. The Bertz CT molecular complexity index is 1320. The Morgan fingerprint density at radius 3 is 1.22 bits per heavy atom. The molecular formula is C26H22O15. The molecule has 0 amide bonds. The van der Waals surface area contributed by atoms with Crippen molar-refractivity contribution in [3.63, 3.8) is 0 Å². The van der Waals surface area contributed by atoms with Gasteiger partial charge in [-0.2, -0.15) is 0 Å². The van der Waals surface area contributed by atoms with Gasteiger partial charge in [-0.25, -0.2) is 28.8 Å². The summed E-state index contributed by atoms with van der Waals surface area (Å²) in [5, 5.41) is 38.4. The summed E-state index contributed by atoms with van der Waals surface area (Å²) in [5.74, 6) is -16.8. The summed E-state index contributed by atoms with van der Waals surface area (Å²) in [6.07, 6.45) is 3.59. The molecule has 0 heterocycles. The molecule has 41 heavy (non-hydrogen) atoms. The second kappa shape index (κ2) is 11.6. The minimum Gasteiger partial charge on any atom is -0.478 e. The number of esters is 4. The highest BCUT2D eigenvalue weighted by Crippen LogP contribution is 2.33. The van der Waals surface area contributed by atoms with Crippen LogP contribution in [-0.4, -0.2) is 79.4 Å². The molecule has 0 bridgehead atoms. The molecule has 2 rings (SSSR count).